The quantitative estimate of drug-likeness (QED) is 0.182. The van der Waals surface area contributed by atoms with Crippen LogP contribution in [-0.4, -0.2) is 29.8 Å². The second-order valence-corrected chi connectivity index (χ2v) is 12.8. The summed E-state index contributed by atoms with van der Waals surface area (Å²) in [5, 5.41) is 0. The molecule has 3 heterocycles. The molecule has 0 saturated heterocycles. The molecular weight excluding hydrogens is 657 g/mol. The van der Waals surface area contributed by atoms with Crippen LogP contribution in [0.1, 0.15) is 116 Å². The van der Waals surface area contributed by atoms with E-state index < -0.39 is 0 Å². The second-order valence-electron chi connectivity index (χ2n) is 12.8. The Labute approximate surface area is 317 Å². The summed E-state index contributed by atoms with van der Waals surface area (Å²) in [5.41, 5.74) is 8.14. The highest BCUT2D eigenvalue weighted by molar-refractivity contribution is 6.11. The standard InChI is InChI=1S/C20H17NO3.C19H17NO.4C2H6/c22-19(11-15-9-13-3-1-2-4-16(13)21-15)20(7-8-20)14-5-6-17-18(10-14)24-12-23-17;21-18(19(10-11-19)15-7-2-1-3-8-15)13-16-12-14-6-4-5-9-17(14)20-16;4*1-2/h1-6,10H,7-9,11-12H2;1-9H,10-13H2;4*1-2H3. The van der Waals surface area contributed by atoms with E-state index in [9.17, 15) is 9.59 Å². The number of carbonyl (C=O) groups is 2. The molecule has 280 valence electrons. The number of aliphatic imine (C=N–C) groups is 2. The molecule has 4 aromatic rings. The maximum Gasteiger partial charge on any atom is 0.231 e. The fourth-order valence-corrected chi connectivity index (χ4v) is 6.97. The van der Waals surface area contributed by atoms with Crippen LogP contribution < -0.4 is 9.47 Å². The molecule has 2 saturated carbocycles. The van der Waals surface area contributed by atoms with Gasteiger partial charge >= 0.3 is 0 Å². The van der Waals surface area contributed by atoms with Gasteiger partial charge in [-0.05, 0) is 72.2 Å². The van der Waals surface area contributed by atoms with E-state index in [0.29, 0.717) is 18.6 Å². The van der Waals surface area contributed by atoms with Crippen LogP contribution in [0.15, 0.2) is 107 Å². The maximum absolute atomic E-state index is 13.0. The van der Waals surface area contributed by atoms with Crippen molar-refractivity contribution in [3.05, 3.63) is 119 Å². The molecule has 0 atom stereocenters. The number of Topliss-reactive ketones (excluding diaryl/α,β-unsaturated/α-hetero) is 2. The Hall–Kier alpha value is -4.84. The summed E-state index contributed by atoms with van der Waals surface area (Å²) in [4.78, 5) is 35.0. The van der Waals surface area contributed by atoms with E-state index in [-0.39, 0.29) is 23.4 Å². The van der Waals surface area contributed by atoms with Crippen molar-refractivity contribution in [3.8, 4) is 11.5 Å². The summed E-state index contributed by atoms with van der Waals surface area (Å²) in [6.45, 7) is 16.3. The van der Waals surface area contributed by atoms with Gasteiger partial charge in [0, 0.05) is 37.1 Å². The van der Waals surface area contributed by atoms with Crippen molar-refractivity contribution in [2.45, 2.75) is 118 Å². The van der Waals surface area contributed by atoms with Crippen molar-refractivity contribution in [1.29, 1.82) is 0 Å². The minimum Gasteiger partial charge on any atom is -0.454 e. The van der Waals surface area contributed by atoms with E-state index in [1.165, 1.54) is 16.7 Å². The molecule has 0 bridgehead atoms. The lowest BCUT2D eigenvalue weighted by Crippen LogP contribution is -2.23. The van der Waals surface area contributed by atoms with Gasteiger partial charge in [0.25, 0.3) is 0 Å². The molecule has 0 unspecified atom stereocenters. The van der Waals surface area contributed by atoms with Gasteiger partial charge in [0.05, 0.1) is 22.2 Å². The molecule has 6 nitrogen and oxygen atoms in total. The predicted octanol–water partition coefficient (Wildman–Crippen LogP) is 11.8. The molecule has 53 heavy (non-hydrogen) atoms. The number of benzene rings is 4. The van der Waals surface area contributed by atoms with Crippen molar-refractivity contribution in [1.82, 2.24) is 0 Å². The van der Waals surface area contributed by atoms with E-state index in [0.717, 1.165) is 78.4 Å². The number of fused-ring (bicyclic) bond motifs is 3. The summed E-state index contributed by atoms with van der Waals surface area (Å²) in [6.07, 6.45) is 6.32. The number of nitrogens with zero attached hydrogens (tertiary/aromatic N) is 2. The molecule has 0 radical (unpaired) electrons. The van der Waals surface area contributed by atoms with Gasteiger partial charge in [-0.3, -0.25) is 19.6 Å². The zero-order valence-corrected chi connectivity index (χ0v) is 33.1. The van der Waals surface area contributed by atoms with E-state index in [2.05, 4.69) is 34.3 Å². The van der Waals surface area contributed by atoms with Crippen LogP contribution in [0.3, 0.4) is 0 Å². The Balaban J connectivity index is 0.000000201. The van der Waals surface area contributed by atoms with Gasteiger partial charge in [-0.25, -0.2) is 0 Å². The average molecular weight is 715 g/mol. The first-order chi connectivity index (χ1) is 26.0. The number of para-hydroxylation sites is 2. The summed E-state index contributed by atoms with van der Waals surface area (Å²) in [6, 6.07) is 32.3. The van der Waals surface area contributed by atoms with Gasteiger partial charge in [-0.2, -0.15) is 0 Å². The first-order valence-corrected chi connectivity index (χ1v) is 19.8. The highest BCUT2D eigenvalue weighted by Crippen LogP contribution is 2.52. The summed E-state index contributed by atoms with van der Waals surface area (Å²) >= 11 is 0. The molecule has 5 aliphatic rings. The third kappa shape index (κ3) is 9.22. The van der Waals surface area contributed by atoms with Crippen LogP contribution in [0.2, 0.25) is 0 Å². The van der Waals surface area contributed by atoms with Crippen LogP contribution in [0.5, 0.6) is 11.5 Å². The molecule has 2 aliphatic carbocycles. The molecule has 9 rings (SSSR count). The molecule has 0 N–H and O–H groups in total. The Morgan fingerprint density at radius 1 is 0.528 bits per heavy atom. The molecule has 0 spiro atoms. The first-order valence-electron chi connectivity index (χ1n) is 19.8. The monoisotopic (exact) mass is 714 g/mol. The number of hydrogen-bond donors (Lipinski definition) is 0. The SMILES string of the molecule is CC.CC.CC.CC.O=C(CC1=Nc2ccccc2C1)C1(c2ccc3c(c2)OCO3)CC1.O=C(CC1=Nc2ccccc2C1)C1(c2ccccc2)CC1. The van der Waals surface area contributed by atoms with Gasteiger partial charge < -0.3 is 9.47 Å². The Morgan fingerprint density at radius 3 is 1.43 bits per heavy atom. The Bertz CT molecular complexity index is 1880. The Morgan fingerprint density at radius 2 is 0.962 bits per heavy atom. The van der Waals surface area contributed by atoms with Crippen molar-refractivity contribution >= 4 is 34.4 Å². The van der Waals surface area contributed by atoms with E-state index in [1.807, 2.05) is 128 Å². The van der Waals surface area contributed by atoms with Crippen LogP contribution in [0.4, 0.5) is 11.4 Å². The van der Waals surface area contributed by atoms with E-state index in [1.54, 1.807) is 0 Å². The largest absolute Gasteiger partial charge is 0.454 e. The van der Waals surface area contributed by atoms with Gasteiger partial charge in [0.1, 0.15) is 11.6 Å². The normalized spacial score (nSPS) is 16.2. The van der Waals surface area contributed by atoms with Gasteiger partial charge in [0.15, 0.2) is 11.5 Å². The Kier molecular flexibility index (Phi) is 14.9. The number of ketones is 2. The minimum atomic E-state index is -0.349. The number of ether oxygens (including phenoxy) is 2. The number of rotatable bonds is 8. The fourth-order valence-electron chi connectivity index (χ4n) is 6.97. The summed E-state index contributed by atoms with van der Waals surface area (Å²) in [7, 11) is 0. The highest BCUT2D eigenvalue weighted by atomic mass is 16.7. The molecule has 4 aromatic carbocycles. The van der Waals surface area contributed by atoms with Crippen LogP contribution in [-0.2, 0) is 33.3 Å². The van der Waals surface area contributed by atoms with Crippen LogP contribution in [0.25, 0.3) is 0 Å². The molecule has 0 amide bonds. The first kappa shape index (κ1) is 40.9. The lowest BCUT2D eigenvalue weighted by molar-refractivity contribution is -0.121. The maximum atomic E-state index is 13.0. The van der Waals surface area contributed by atoms with Crippen molar-refractivity contribution in [2.75, 3.05) is 6.79 Å². The highest BCUT2D eigenvalue weighted by Gasteiger charge is 2.52. The smallest absolute Gasteiger partial charge is 0.231 e. The van der Waals surface area contributed by atoms with Gasteiger partial charge in [0.2, 0.25) is 6.79 Å². The molecular formula is C47H58N2O4. The molecule has 3 aliphatic heterocycles. The number of hydrogen-bond acceptors (Lipinski definition) is 6. The van der Waals surface area contributed by atoms with Crippen molar-refractivity contribution < 1.29 is 19.1 Å². The predicted molar refractivity (Wildman–Crippen MR) is 220 cm³/mol. The lowest BCUT2D eigenvalue weighted by Gasteiger charge is -2.15. The fraction of sp³-hybridized carbons (Fsp3) is 0.404. The molecule has 0 aromatic heterocycles. The zero-order valence-electron chi connectivity index (χ0n) is 33.1. The summed E-state index contributed by atoms with van der Waals surface area (Å²) in [5.74, 6) is 2.11. The molecule has 2 fully saturated rings. The third-order valence-corrected chi connectivity index (χ3v) is 9.88. The third-order valence-electron chi connectivity index (χ3n) is 9.88. The number of carbonyl (C=O) groups excluding carboxylic acids is 2. The lowest BCUT2D eigenvalue weighted by atomic mass is 9.88. The van der Waals surface area contributed by atoms with Gasteiger partial charge in [-0.1, -0.05) is 128 Å². The van der Waals surface area contributed by atoms with Gasteiger partial charge in [-0.15, -0.1) is 0 Å². The van der Waals surface area contributed by atoms with Crippen LogP contribution in [0, 0.1) is 0 Å². The second kappa shape index (κ2) is 19.3. The average Bonchev–Trinajstić information content (AvgIpc) is 4.08. The zero-order chi connectivity index (χ0) is 38.4. The topological polar surface area (TPSA) is 77.3 Å². The van der Waals surface area contributed by atoms with E-state index in [4.69, 9.17) is 9.47 Å². The van der Waals surface area contributed by atoms with Crippen LogP contribution >= 0.6 is 0 Å². The summed E-state index contributed by atoms with van der Waals surface area (Å²) < 4.78 is 10.8. The van der Waals surface area contributed by atoms with Crippen molar-refractivity contribution in [2.24, 2.45) is 9.98 Å². The minimum absolute atomic E-state index is 0.224. The van der Waals surface area contributed by atoms with E-state index >= 15 is 0 Å². The van der Waals surface area contributed by atoms with Crippen molar-refractivity contribution in [3.63, 3.8) is 0 Å². The molecule has 6 heteroatoms.